The average molecular weight is 270 g/mol. The van der Waals surface area contributed by atoms with E-state index in [1.807, 2.05) is 31.2 Å². The minimum Gasteiger partial charge on any atom is -0.508 e. The molecule has 2 N–H and O–H groups in total. The van der Waals surface area contributed by atoms with Crippen molar-refractivity contribution in [2.75, 3.05) is 0 Å². The molecule has 0 aliphatic carbocycles. The summed E-state index contributed by atoms with van der Waals surface area (Å²) in [5.41, 5.74) is 3.34. The maximum absolute atomic E-state index is 8.94. The van der Waals surface area contributed by atoms with Crippen molar-refractivity contribution >= 4 is 5.57 Å². The molecule has 0 amide bonds. The Kier molecular flexibility index (Phi) is 5.85. The Balaban J connectivity index is 0.000000200. The maximum atomic E-state index is 8.94. The second-order valence-electron chi connectivity index (χ2n) is 5.07. The molecule has 0 atom stereocenters. The Hall–Kier alpha value is -2.22. The molecule has 0 fully saturated rings. The van der Waals surface area contributed by atoms with Crippen LogP contribution in [0, 0.1) is 0 Å². The van der Waals surface area contributed by atoms with Crippen LogP contribution in [-0.2, 0) is 0 Å². The number of aromatic hydroxyl groups is 2. The van der Waals surface area contributed by atoms with Gasteiger partial charge in [0.2, 0.25) is 0 Å². The van der Waals surface area contributed by atoms with Gasteiger partial charge in [-0.15, -0.1) is 0 Å². The van der Waals surface area contributed by atoms with Crippen molar-refractivity contribution < 1.29 is 10.2 Å². The van der Waals surface area contributed by atoms with E-state index in [0.717, 1.165) is 11.1 Å². The predicted octanol–water partition coefficient (Wildman–Crippen LogP) is 4.94. The Morgan fingerprint density at radius 3 is 1.60 bits per heavy atom. The second kappa shape index (κ2) is 7.39. The molecule has 0 heterocycles. The normalized spacial score (nSPS) is 9.80. The summed E-state index contributed by atoms with van der Waals surface area (Å²) in [6, 6.07) is 14.3. The lowest BCUT2D eigenvalue weighted by Crippen LogP contribution is -1.84. The summed E-state index contributed by atoms with van der Waals surface area (Å²) in [6.45, 7) is 9.97. The van der Waals surface area contributed by atoms with E-state index in [4.69, 9.17) is 10.2 Å². The molecule has 2 aromatic carbocycles. The van der Waals surface area contributed by atoms with Gasteiger partial charge in [0.25, 0.3) is 0 Å². The van der Waals surface area contributed by atoms with E-state index in [9.17, 15) is 0 Å². The molecule has 0 aromatic heterocycles. The molecular formula is C18H22O2. The Labute approximate surface area is 121 Å². The van der Waals surface area contributed by atoms with E-state index in [2.05, 4.69) is 20.4 Å². The van der Waals surface area contributed by atoms with Crippen LogP contribution < -0.4 is 0 Å². The maximum Gasteiger partial charge on any atom is 0.115 e. The second-order valence-corrected chi connectivity index (χ2v) is 5.07. The molecule has 2 nitrogen and oxygen atoms in total. The summed E-state index contributed by atoms with van der Waals surface area (Å²) in [7, 11) is 0. The van der Waals surface area contributed by atoms with Gasteiger partial charge >= 0.3 is 0 Å². The van der Waals surface area contributed by atoms with E-state index in [1.54, 1.807) is 24.3 Å². The molecule has 0 bridgehead atoms. The highest BCUT2D eigenvalue weighted by molar-refractivity contribution is 5.61. The van der Waals surface area contributed by atoms with Crippen molar-refractivity contribution in [2.45, 2.75) is 26.7 Å². The van der Waals surface area contributed by atoms with Crippen LogP contribution in [-0.4, -0.2) is 10.2 Å². The van der Waals surface area contributed by atoms with Gasteiger partial charge in [0.15, 0.2) is 0 Å². The number of rotatable bonds is 2. The summed E-state index contributed by atoms with van der Waals surface area (Å²) >= 11 is 0. The molecule has 0 saturated heterocycles. The van der Waals surface area contributed by atoms with Crippen LogP contribution >= 0.6 is 0 Å². The third-order valence-corrected chi connectivity index (χ3v) is 2.92. The lowest BCUT2D eigenvalue weighted by atomic mass is 10.0. The van der Waals surface area contributed by atoms with E-state index >= 15 is 0 Å². The van der Waals surface area contributed by atoms with E-state index < -0.39 is 0 Å². The molecule has 2 rings (SSSR count). The van der Waals surface area contributed by atoms with Gasteiger partial charge in [-0.25, -0.2) is 0 Å². The Bertz CT molecular complexity index is 537. The molecule has 20 heavy (non-hydrogen) atoms. The Morgan fingerprint density at radius 1 is 0.850 bits per heavy atom. The van der Waals surface area contributed by atoms with Gasteiger partial charge in [-0.3, -0.25) is 0 Å². The Morgan fingerprint density at radius 2 is 1.25 bits per heavy atom. The highest BCUT2D eigenvalue weighted by Crippen LogP contribution is 2.17. The first-order valence-corrected chi connectivity index (χ1v) is 6.64. The molecule has 0 spiro atoms. The fourth-order valence-corrected chi connectivity index (χ4v) is 1.61. The zero-order valence-corrected chi connectivity index (χ0v) is 12.3. The van der Waals surface area contributed by atoms with Crippen molar-refractivity contribution in [2.24, 2.45) is 0 Å². The SMILES string of the molecule is C=C(C)c1ccc(O)cc1.CC(C)c1ccc(O)cc1. The van der Waals surface area contributed by atoms with Gasteiger partial charge in [-0.2, -0.15) is 0 Å². The first-order chi connectivity index (χ1) is 9.40. The van der Waals surface area contributed by atoms with Crippen LogP contribution in [0.2, 0.25) is 0 Å². The third-order valence-electron chi connectivity index (χ3n) is 2.92. The lowest BCUT2D eigenvalue weighted by Gasteiger charge is -2.03. The highest BCUT2D eigenvalue weighted by atomic mass is 16.3. The van der Waals surface area contributed by atoms with Gasteiger partial charge in [0.05, 0.1) is 0 Å². The van der Waals surface area contributed by atoms with Crippen LogP contribution in [0.4, 0.5) is 0 Å². The number of phenolic OH excluding ortho intramolecular Hbond substituents is 2. The number of allylic oxidation sites excluding steroid dienone is 1. The summed E-state index contributed by atoms with van der Waals surface area (Å²) in [5, 5.41) is 17.8. The summed E-state index contributed by atoms with van der Waals surface area (Å²) in [5.74, 6) is 1.18. The van der Waals surface area contributed by atoms with Crippen molar-refractivity contribution in [3.63, 3.8) is 0 Å². The number of hydrogen-bond donors (Lipinski definition) is 2. The van der Waals surface area contributed by atoms with Crippen LogP contribution in [0.25, 0.3) is 5.57 Å². The molecule has 0 saturated carbocycles. The van der Waals surface area contributed by atoms with Crippen molar-refractivity contribution in [3.8, 4) is 11.5 Å². The van der Waals surface area contributed by atoms with E-state index in [-0.39, 0.29) is 0 Å². The predicted molar refractivity (Wildman–Crippen MR) is 85.0 cm³/mol. The lowest BCUT2D eigenvalue weighted by molar-refractivity contribution is 0.474. The topological polar surface area (TPSA) is 40.5 Å². The fourth-order valence-electron chi connectivity index (χ4n) is 1.61. The standard InChI is InChI=1S/C9H12O.C9H10O/c2*1-7(2)8-3-5-9(10)6-4-8/h3-7,10H,1-2H3;3-6,10H,1H2,2H3. The van der Waals surface area contributed by atoms with Crippen molar-refractivity contribution in [3.05, 3.63) is 66.2 Å². The first kappa shape index (κ1) is 15.8. The molecule has 2 aromatic rings. The number of phenols is 2. The number of benzene rings is 2. The zero-order valence-electron chi connectivity index (χ0n) is 12.3. The molecule has 0 aliphatic rings. The summed E-state index contributed by atoms with van der Waals surface area (Å²) in [6.07, 6.45) is 0. The molecular weight excluding hydrogens is 248 g/mol. The van der Waals surface area contributed by atoms with Gasteiger partial charge in [0, 0.05) is 0 Å². The van der Waals surface area contributed by atoms with E-state index in [0.29, 0.717) is 17.4 Å². The molecule has 106 valence electrons. The van der Waals surface area contributed by atoms with Gasteiger partial charge in [0.1, 0.15) is 11.5 Å². The molecule has 0 aliphatic heterocycles. The van der Waals surface area contributed by atoms with Crippen LogP contribution in [0.5, 0.6) is 11.5 Å². The van der Waals surface area contributed by atoms with Gasteiger partial charge < -0.3 is 10.2 Å². The average Bonchev–Trinajstić information content (AvgIpc) is 2.40. The molecule has 2 heteroatoms. The third kappa shape index (κ3) is 5.19. The quantitative estimate of drug-likeness (QED) is 0.811. The minimum atomic E-state index is 0.296. The fraction of sp³-hybridized carbons (Fsp3) is 0.222. The summed E-state index contributed by atoms with van der Waals surface area (Å²) in [4.78, 5) is 0. The zero-order chi connectivity index (χ0) is 15.1. The monoisotopic (exact) mass is 270 g/mol. The van der Waals surface area contributed by atoms with Crippen molar-refractivity contribution in [1.29, 1.82) is 0 Å². The molecule has 0 unspecified atom stereocenters. The highest BCUT2D eigenvalue weighted by Gasteiger charge is 1.96. The van der Waals surface area contributed by atoms with Gasteiger partial charge in [-0.05, 0) is 48.2 Å². The van der Waals surface area contributed by atoms with Gasteiger partial charge in [-0.1, -0.05) is 50.3 Å². The summed E-state index contributed by atoms with van der Waals surface area (Å²) < 4.78 is 0. The molecule has 0 radical (unpaired) electrons. The van der Waals surface area contributed by atoms with Crippen LogP contribution in [0.3, 0.4) is 0 Å². The van der Waals surface area contributed by atoms with Crippen molar-refractivity contribution in [1.82, 2.24) is 0 Å². The first-order valence-electron chi connectivity index (χ1n) is 6.64. The largest absolute Gasteiger partial charge is 0.508 e. The van der Waals surface area contributed by atoms with Crippen LogP contribution in [0.15, 0.2) is 55.1 Å². The van der Waals surface area contributed by atoms with Crippen LogP contribution in [0.1, 0.15) is 37.8 Å². The number of hydrogen-bond acceptors (Lipinski definition) is 2. The minimum absolute atomic E-state index is 0.296. The smallest absolute Gasteiger partial charge is 0.115 e. The van der Waals surface area contributed by atoms with E-state index in [1.165, 1.54) is 5.56 Å².